The van der Waals surface area contributed by atoms with Gasteiger partial charge in [0.05, 0.1) is 12.4 Å². The lowest BCUT2D eigenvalue weighted by atomic mass is 10.0. The number of hydrogen-bond acceptors (Lipinski definition) is 9. The van der Waals surface area contributed by atoms with Gasteiger partial charge in [-0.3, -0.25) is 19.4 Å². The van der Waals surface area contributed by atoms with Crippen LogP contribution in [0.15, 0.2) is 41.8 Å². The quantitative estimate of drug-likeness (QED) is 0.0474. The van der Waals surface area contributed by atoms with Gasteiger partial charge in [0.15, 0.2) is 5.96 Å². The zero-order valence-corrected chi connectivity index (χ0v) is 23.9. The number of phenolic OH excluding ortho intramolecular Hbond substituents is 1. The molecule has 0 aliphatic carbocycles. The van der Waals surface area contributed by atoms with Crippen molar-refractivity contribution in [3.05, 3.63) is 48.0 Å². The largest absolute Gasteiger partial charge is 0.508 e. The van der Waals surface area contributed by atoms with Crippen LogP contribution in [0.4, 0.5) is 0 Å². The Balaban J connectivity index is 2.21. The van der Waals surface area contributed by atoms with Gasteiger partial charge < -0.3 is 54.1 Å². The van der Waals surface area contributed by atoms with E-state index in [4.69, 9.17) is 22.9 Å². The highest BCUT2D eigenvalue weighted by atomic mass is 16.4. The first-order valence-corrected chi connectivity index (χ1v) is 13.9. The van der Waals surface area contributed by atoms with Crippen LogP contribution in [-0.4, -0.2) is 87.1 Å². The smallest absolute Gasteiger partial charge is 0.326 e. The van der Waals surface area contributed by atoms with Gasteiger partial charge in [0.1, 0.15) is 23.9 Å². The highest BCUT2D eigenvalue weighted by Crippen LogP contribution is 2.12. The van der Waals surface area contributed by atoms with Crippen LogP contribution in [0.3, 0.4) is 0 Å². The summed E-state index contributed by atoms with van der Waals surface area (Å²) in [5.74, 6) is -3.42. The molecule has 1 aromatic carbocycles. The third kappa shape index (κ3) is 12.8. The van der Waals surface area contributed by atoms with Crippen molar-refractivity contribution < 1.29 is 29.4 Å². The number of nitrogens with zero attached hydrogens (tertiary/aromatic N) is 2. The molecule has 236 valence electrons. The molecule has 0 aliphatic rings. The molecule has 0 radical (unpaired) electrons. The zero-order chi connectivity index (χ0) is 31.8. The molecule has 43 heavy (non-hydrogen) atoms. The van der Waals surface area contributed by atoms with E-state index in [1.807, 2.05) is 0 Å². The third-order valence-electron chi connectivity index (χ3n) is 6.49. The molecule has 16 nitrogen and oxygen atoms in total. The number of phenols is 1. The van der Waals surface area contributed by atoms with Crippen LogP contribution in [0.2, 0.25) is 0 Å². The fourth-order valence-corrected chi connectivity index (χ4v) is 4.13. The number of carbonyl (C=O) groups excluding carboxylic acids is 3. The van der Waals surface area contributed by atoms with Gasteiger partial charge in [-0.25, -0.2) is 9.78 Å². The van der Waals surface area contributed by atoms with E-state index in [-0.39, 0.29) is 43.9 Å². The number of H-pyrrole nitrogens is 1. The number of aromatic nitrogens is 2. The van der Waals surface area contributed by atoms with E-state index >= 15 is 0 Å². The normalized spacial score (nSPS) is 13.6. The molecule has 2 aromatic rings. The molecule has 0 fully saturated rings. The number of carbonyl (C=O) groups is 4. The molecule has 2 rings (SSSR count). The average molecular weight is 603 g/mol. The number of hydrogen-bond donors (Lipinski definition) is 10. The number of aliphatic imine (C=N–C) groups is 1. The fraction of sp³-hybridized carbons (Fsp3) is 0.481. The maximum atomic E-state index is 13.5. The molecule has 16 heteroatoms. The maximum absolute atomic E-state index is 13.5. The highest BCUT2D eigenvalue weighted by Gasteiger charge is 2.30. The summed E-state index contributed by atoms with van der Waals surface area (Å²) in [6, 6.07) is 1.35. The summed E-state index contributed by atoms with van der Waals surface area (Å²) < 4.78 is 0. The molecule has 14 N–H and O–H groups in total. The number of nitrogens with one attached hydrogen (secondary N) is 4. The second kappa shape index (κ2) is 18.0. The minimum atomic E-state index is -1.33. The second-order valence-electron chi connectivity index (χ2n) is 10.0. The number of amides is 3. The van der Waals surface area contributed by atoms with Crippen molar-refractivity contribution in [2.45, 2.75) is 69.1 Å². The molecule has 1 heterocycles. The number of rotatable bonds is 19. The lowest BCUT2D eigenvalue weighted by Crippen LogP contribution is -2.57. The predicted octanol–water partition coefficient (Wildman–Crippen LogP) is -2.05. The Morgan fingerprint density at radius 1 is 0.884 bits per heavy atom. The van der Waals surface area contributed by atoms with Crippen LogP contribution in [0.5, 0.6) is 5.75 Å². The molecule has 1 aromatic heterocycles. The van der Waals surface area contributed by atoms with Crippen molar-refractivity contribution in [1.29, 1.82) is 0 Å². The van der Waals surface area contributed by atoms with E-state index in [9.17, 15) is 29.4 Å². The second-order valence-corrected chi connectivity index (χ2v) is 10.0. The monoisotopic (exact) mass is 602 g/mol. The Kier molecular flexibility index (Phi) is 14.4. The number of imidazole rings is 1. The van der Waals surface area contributed by atoms with E-state index in [2.05, 4.69) is 30.9 Å². The third-order valence-corrected chi connectivity index (χ3v) is 6.49. The van der Waals surface area contributed by atoms with Gasteiger partial charge in [0.25, 0.3) is 0 Å². The lowest BCUT2D eigenvalue weighted by molar-refractivity contribution is -0.142. The van der Waals surface area contributed by atoms with Crippen molar-refractivity contribution in [2.75, 3.05) is 13.1 Å². The van der Waals surface area contributed by atoms with Crippen LogP contribution in [0, 0.1) is 0 Å². The van der Waals surface area contributed by atoms with Crippen LogP contribution in [-0.2, 0) is 32.0 Å². The number of aliphatic carboxylic acids is 1. The predicted molar refractivity (Wildman–Crippen MR) is 158 cm³/mol. The minimum Gasteiger partial charge on any atom is -0.508 e. The van der Waals surface area contributed by atoms with Gasteiger partial charge in [-0.2, -0.15) is 0 Å². The fourth-order valence-electron chi connectivity index (χ4n) is 4.13. The van der Waals surface area contributed by atoms with E-state index in [0.29, 0.717) is 37.1 Å². The van der Waals surface area contributed by atoms with Crippen LogP contribution in [0.25, 0.3) is 0 Å². The van der Waals surface area contributed by atoms with Crippen molar-refractivity contribution in [3.8, 4) is 5.75 Å². The Labute approximate surface area is 249 Å². The standard InChI is InChI=1S/C27H42N10O6/c28-10-2-1-4-19(29)23(39)36-21(13-17-14-32-15-34-17)25(41)35-20(5-3-11-33-27(30)31)24(40)37-22(26(42)43)12-16-6-8-18(38)9-7-16/h6-9,14-15,19-22,38H,1-5,10-13,28-29H2,(H,32,34)(H,35,41)(H,36,39)(H,37,40)(H,42,43)(H4,30,31,33). The first-order valence-electron chi connectivity index (χ1n) is 13.9. The highest BCUT2D eigenvalue weighted by molar-refractivity contribution is 5.94. The van der Waals surface area contributed by atoms with E-state index in [1.165, 1.54) is 36.8 Å². The Morgan fingerprint density at radius 2 is 1.53 bits per heavy atom. The Morgan fingerprint density at radius 3 is 2.14 bits per heavy atom. The summed E-state index contributed by atoms with van der Waals surface area (Å²) in [7, 11) is 0. The molecule has 0 bridgehead atoms. The molecule has 4 atom stereocenters. The number of benzene rings is 1. The summed E-state index contributed by atoms with van der Waals surface area (Å²) in [5.41, 5.74) is 23.4. The van der Waals surface area contributed by atoms with Crippen molar-refractivity contribution >= 4 is 29.7 Å². The summed E-state index contributed by atoms with van der Waals surface area (Å²) in [4.78, 5) is 62.3. The summed E-state index contributed by atoms with van der Waals surface area (Å²) in [6.45, 7) is 0.618. The van der Waals surface area contributed by atoms with Gasteiger partial charge in [0, 0.05) is 31.3 Å². The van der Waals surface area contributed by atoms with Gasteiger partial charge in [-0.15, -0.1) is 0 Å². The Hall–Kier alpha value is -4.70. The van der Waals surface area contributed by atoms with Crippen molar-refractivity contribution in [2.24, 2.45) is 27.9 Å². The van der Waals surface area contributed by atoms with Gasteiger partial charge in [0.2, 0.25) is 17.7 Å². The van der Waals surface area contributed by atoms with E-state index in [1.54, 1.807) is 0 Å². The number of guanidine groups is 1. The number of nitrogens with two attached hydrogens (primary N) is 4. The van der Waals surface area contributed by atoms with Crippen molar-refractivity contribution in [1.82, 2.24) is 25.9 Å². The summed E-state index contributed by atoms with van der Waals surface area (Å²) >= 11 is 0. The van der Waals surface area contributed by atoms with E-state index in [0.717, 1.165) is 0 Å². The van der Waals surface area contributed by atoms with Crippen molar-refractivity contribution in [3.63, 3.8) is 0 Å². The molecule has 4 unspecified atom stereocenters. The minimum absolute atomic E-state index is 0.0107. The molecular formula is C27H42N10O6. The van der Waals surface area contributed by atoms with Gasteiger partial charge >= 0.3 is 5.97 Å². The van der Waals surface area contributed by atoms with Gasteiger partial charge in [-0.1, -0.05) is 18.6 Å². The number of aromatic amines is 1. The number of carboxylic acid groups (broad SMARTS) is 1. The van der Waals surface area contributed by atoms with Crippen LogP contribution < -0.4 is 38.9 Å². The summed E-state index contributed by atoms with van der Waals surface area (Å²) in [5, 5.41) is 27.0. The Bertz CT molecular complexity index is 1200. The van der Waals surface area contributed by atoms with E-state index < -0.39 is 47.9 Å². The summed E-state index contributed by atoms with van der Waals surface area (Å²) in [6.07, 6.45) is 4.89. The first kappa shape index (κ1) is 34.5. The average Bonchev–Trinajstić information content (AvgIpc) is 3.48. The number of unbranched alkanes of at least 4 members (excludes halogenated alkanes) is 1. The SMILES string of the molecule is NCCCCC(N)C(=O)NC(Cc1cnc[nH]1)C(=O)NC(CCCN=C(N)N)C(=O)NC(Cc1ccc(O)cc1)C(=O)O. The maximum Gasteiger partial charge on any atom is 0.326 e. The first-order chi connectivity index (χ1) is 20.5. The number of aromatic hydroxyl groups is 1. The molecule has 0 aliphatic heterocycles. The van der Waals surface area contributed by atoms with Crippen LogP contribution >= 0.6 is 0 Å². The number of carboxylic acids is 1. The molecule has 0 saturated heterocycles. The molecule has 0 saturated carbocycles. The van der Waals surface area contributed by atoms with Gasteiger partial charge in [-0.05, 0) is 49.9 Å². The lowest BCUT2D eigenvalue weighted by Gasteiger charge is -2.25. The van der Waals surface area contributed by atoms with Crippen LogP contribution in [0.1, 0.15) is 43.4 Å². The molecule has 3 amide bonds. The molecular weight excluding hydrogens is 560 g/mol. The molecule has 0 spiro atoms. The zero-order valence-electron chi connectivity index (χ0n) is 23.9. The topological polar surface area (TPSA) is 290 Å².